The minimum Gasteiger partial charge on any atom is -0.376 e. The fourth-order valence-electron chi connectivity index (χ4n) is 2.34. The molecule has 1 fully saturated rings. The van der Waals surface area contributed by atoms with Crippen molar-refractivity contribution in [1.82, 2.24) is 4.98 Å². The van der Waals surface area contributed by atoms with Crippen molar-refractivity contribution in [3.05, 3.63) is 40.1 Å². The zero-order valence-electron chi connectivity index (χ0n) is 12.7. The molecule has 0 saturated heterocycles. The molecular formula is C16H21N3O2. The lowest BCUT2D eigenvalue weighted by Gasteiger charge is -2.27. The minimum atomic E-state index is -0.365. The number of aromatic nitrogens is 1. The summed E-state index contributed by atoms with van der Waals surface area (Å²) in [6.45, 7) is 5.98. The van der Waals surface area contributed by atoms with Crippen LogP contribution in [0.2, 0.25) is 0 Å². The van der Waals surface area contributed by atoms with Crippen molar-refractivity contribution in [1.29, 1.82) is 0 Å². The van der Waals surface area contributed by atoms with Crippen molar-refractivity contribution in [2.24, 2.45) is 0 Å². The fraction of sp³-hybridized carbons (Fsp3) is 0.438. The first-order chi connectivity index (χ1) is 10.1. The van der Waals surface area contributed by atoms with Crippen molar-refractivity contribution in [3.63, 3.8) is 0 Å². The van der Waals surface area contributed by atoms with Crippen LogP contribution in [0.4, 0.5) is 11.4 Å². The maximum atomic E-state index is 11.2. The molecule has 21 heavy (non-hydrogen) atoms. The number of fused-ring (bicyclic) bond motifs is 1. The van der Waals surface area contributed by atoms with Gasteiger partial charge in [0.25, 0.3) is 0 Å². The lowest BCUT2D eigenvalue weighted by Crippen LogP contribution is -2.27. The largest absolute Gasteiger partial charge is 0.376 e. The summed E-state index contributed by atoms with van der Waals surface area (Å²) in [7, 11) is 0. The molecule has 1 aliphatic carbocycles. The fourth-order valence-corrected chi connectivity index (χ4v) is 2.34. The molecule has 0 atom stereocenters. The van der Waals surface area contributed by atoms with Gasteiger partial charge in [0, 0.05) is 11.4 Å². The summed E-state index contributed by atoms with van der Waals surface area (Å²) in [4.78, 5) is 15.0. The summed E-state index contributed by atoms with van der Waals surface area (Å²) in [5, 5.41) is 15.3. The first-order valence-corrected chi connectivity index (χ1v) is 7.45. The summed E-state index contributed by atoms with van der Waals surface area (Å²) in [5.41, 5.74) is 2.54. The molecule has 5 heteroatoms. The summed E-state index contributed by atoms with van der Waals surface area (Å²) < 4.78 is 0. The van der Waals surface area contributed by atoms with Gasteiger partial charge in [-0.3, -0.25) is 10.1 Å². The third-order valence-electron chi connectivity index (χ3n) is 3.65. The average Bonchev–Trinajstić information content (AvgIpc) is 2.44. The highest BCUT2D eigenvalue weighted by atomic mass is 16.6. The monoisotopic (exact) mass is 287 g/mol. The first kappa shape index (κ1) is 15.2. The molecule has 1 heterocycles. The van der Waals surface area contributed by atoms with Gasteiger partial charge in [0.1, 0.15) is 11.9 Å². The number of benzene rings is 1. The van der Waals surface area contributed by atoms with Crippen LogP contribution in [0, 0.1) is 17.0 Å². The van der Waals surface area contributed by atoms with Gasteiger partial charge >= 0.3 is 5.69 Å². The van der Waals surface area contributed by atoms with E-state index < -0.39 is 0 Å². The molecule has 5 nitrogen and oxygen atoms in total. The van der Waals surface area contributed by atoms with Crippen LogP contribution in [0.3, 0.4) is 0 Å². The van der Waals surface area contributed by atoms with E-state index in [2.05, 4.69) is 10.3 Å². The van der Waals surface area contributed by atoms with Gasteiger partial charge in [0.15, 0.2) is 0 Å². The van der Waals surface area contributed by atoms with Gasteiger partial charge in [-0.05, 0) is 38.3 Å². The van der Waals surface area contributed by atoms with Gasteiger partial charge in [-0.1, -0.05) is 25.5 Å². The molecule has 0 spiro atoms. The Morgan fingerprint density at radius 2 is 2.05 bits per heavy atom. The van der Waals surface area contributed by atoms with Crippen molar-refractivity contribution in [2.75, 3.05) is 5.32 Å². The lowest BCUT2D eigenvalue weighted by molar-refractivity contribution is -0.384. The van der Waals surface area contributed by atoms with E-state index in [1.165, 1.54) is 12.6 Å². The third-order valence-corrected chi connectivity index (χ3v) is 3.65. The first-order valence-electron chi connectivity index (χ1n) is 7.45. The molecule has 2 aromatic rings. The SMILES string of the molecule is CC.Cc1ccc2ncc([N+](=O)[O-])c(NC3CCC3)c2c1. The maximum Gasteiger partial charge on any atom is 0.311 e. The predicted molar refractivity (Wildman–Crippen MR) is 85.7 cm³/mol. The minimum absolute atomic E-state index is 0.0602. The Kier molecular flexibility index (Phi) is 4.73. The van der Waals surface area contributed by atoms with Crippen LogP contribution in [-0.2, 0) is 0 Å². The Labute approximate surface area is 124 Å². The number of nitrogens with zero attached hydrogens (tertiary/aromatic N) is 2. The average molecular weight is 287 g/mol. The van der Waals surface area contributed by atoms with Gasteiger partial charge in [-0.2, -0.15) is 0 Å². The number of anilines is 1. The van der Waals surface area contributed by atoms with Crippen LogP contribution in [-0.4, -0.2) is 15.9 Å². The van der Waals surface area contributed by atoms with E-state index in [4.69, 9.17) is 0 Å². The molecule has 1 aromatic heterocycles. The van der Waals surface area contributed by atoms with Crippen LogP contribution in [0.1, 0.15) is 38.7 Å². The smallest absolute Gasteiger partial charge is 0.311 e. The second kappa shape index (κ2) is 6.52. The Hall–Kier alpha value is -2.17. The highest BCUT2D eigenvalue weighted by Crippen LogP contribution is 2.35. The number of rotatable bonds is 3. The highest BCUT2D eigenvalue weighted by Gasteiger charge is 2.24. The van der Waals surface area contributed by atoms with E-state index >= 15 is 0 Å². The van der Waals surface area contributed by atoms with Crippen LogP contribution in [0.5, 0.6) is 0 Å². The molecule has 1 aromatic carbocycles. The molecule has 0 amide bonds. The van der Waals surface area contributed by atoms with Crippen LogP contribution in [0.25, 0.3) is 10.9 Å². The Morgan fingerprint density at radius 3 is 2.62 bits per heavy atom. The van der Waals surface area contributed by atoms with Gasteiger partial charge in [-0.25, -0.2) is 4.98 Å². The van der Waals surface area contributed by atoms with Gasteiger partial charge < -0.3 is 5.32 Å². The van der Waals surface area contributed by atoms with Crippen molar-refractivity contribution < 1.29 is 4.92 Å². The molecule has 0 unspecified atom stereocenters. The summed E-state index contributed by atoms with van der Waals surface area (Å²) in [6.07, 6.45) is 4.69. The number of aryl methyl sites for hydroxylation is 1. The zero-order chi connectivity index (χ0) is 15.4. The number of hydrogen-bond acceptors (Lipinski definition) is 4. The molecule has 112 valence electrons. The number of hydrogen-bond donors (Lipinski definition) is 1. The quantitative estimate of drug-likeness (QED) is 0.669. The Morgan fingerprint density at radius 1 is 1.33 bits per heavy atom. The summed E-state index contributed by atoms with van der Waals surface area (Å²) in [5.74, 6) is 0. The molecule has 0 aliphatic heterocycles. The molecule has 1 N–H and O–H groups in total. The van der Waals surface area contributed by atoms with Crippen LogP contribution in [0.15, 0.2) is 24.4 Å². The molecule has 1 aliphatic rings. The molecule has 3 rings (SSSR count). The Balaban J connectivity index is 0.000000774. The van der Waals surface area contributed by atoms with E-state index in [9.17, 15) is 10.1 Å². The van der Waals surface area contributed by atoms with E-state index in [1.807, 2.05) is 39.0 Å². The van der Waals surface area contributed by atoms with Gasteiger partial charge in [-0.15, -0.1) is 0 Å². The number of nitrogens with one attached hydrogen (secondary N) is 1. The number of pyridine rings is 1. The van der Waals surface area contributed by atoms with Gasteiger partial charge in [0.2, 0.25) is 0 Å². The second-order valence-electron chi connectivity index (χ2n) is 5.07. The van der Waals surface area contributed by atoms with E-state index in [1.54, 1.807) is 0 Å². The van der Waals surface area contributed by atoms with Gasteiger partial charge in [0.05, 0.1) is 10.4 Å². The summed E-state index contributed by atoms with van der Waals surface area (Å²) in [6, 6.07) is 6.18. The molecule has 0 radical (unpaired) electrons. The maximum absolute atomic E-state index is 11.2. The van der Waals surface area contributed by atoms with E-state index in [0.29, 0.717) is 11.7 Å². The molecule has 1 saturated carbocycles. The normalized spacial score (nSPS) is 14.0. The van der Waals surface area contributed by atoms with Crippen molar-refractivity contribution in [2.45, 2.75) is 46.1 Å². The molecular weight excluding hydrogens is 266 g/mol. The second-order valence-corrected chi connectivity index (χ2v) is 5.07. The van der Waals surface area contributed by atoms with Crippen LogP contribution < -0.4 is 5.32 Å². The standard InChI is InChI=1S/C14H15N3O2.C2H6/c1-9-5-6-12-11(7-9)14(16-10-3-2-4-10)13(8-15-12)17(18)19;1-2/h5-8,10H,2-4H2,1H3,(H,15,16);1-2H3. The third kappa shape index (κ3) is 3.12. The summed E-state index contributed by atoms with van der Waals surface area (Å²) >= 11 is 0. The Bertz CT molecular complexity index is 651. The van der Waals surface area contributed by atoms with Crippen LogP contribution >= 0.6 is 0 Å². The van der Waals surface area contributed by atoms with Crippen molar-refractivity contribution >= 4 is 22.3 Å². The molecule has 0 bridgehead atoms. The van der Waals surface area contributed by atoms with E-state index in [0.717, 1.165) is 29.3 Å². The highest BCUT2D eigenvalue weighted by molar-refractivity contribution is 5.96. The van der Waals surface area contributed by atoms with Crippen molar-refractivity contribution in [3.8, 4) is 0 Å². The predicted octanol–water partition coefficient (Wildman–Crippen LogP) is 4.44. The lowest BCUT2D eigenvalue weighted by atomic mass is 9.92. The zero-order valence-corrected chi connectivity index (χ0v) is 12.7. The number of nitro groups is 1. The topological polar surface area (TPSA) is 68.1 Å². The van der Waals surface area contributed by atoms with E-state index in [-0.39, 0.29) is 10.6 Å².